The lowest BCUT2D eigenvalue weighted by molar-refractivity contribution is 0.0857. The molecule has 5 nitrogen and oxygen atoms in total. The number of carbonyl (C=O) groups is 1. The number of aromatic nitrogens is 1. The van der Waals surface area contributed by atoms with Crippen molar-refractivity contribution in [1.29, 1.82) is 0 Å². The smallest absolute Gasteiger partial charge is 0.251 e. The number of aryl methyl sites for hydroxylation is 1. The molecule has 1 atom stereocenters. The highest BCUT2D eigenvalue weighted by Crippen LogP contribution is 2.12. The summed E-state index contributed by atoms with van der Waals surface area (Å²) >= 11 is 0. The van der Waals surface area contributed by atoms with Gasteiger partial charge in [0.15, 0.2) is 0 Å². The quantitative estimate of drug-likeness (QED) is 0.844. The number of nitrogen functional groups attached to an aromatic ring is 1. The van der Waals surface area contributed by atoms with Crippen molar-refractivity contribution in [3.05, 3.63) is 23.4 Å². The molecular formula is C14H21N3O2. The van der Waals surface area contributed by atoms with Crippen LogP contribution in [0.4, 0.5) is 5.82 Å². The number of hydrogen-bond donors (Lipinski definition) is 2. The van der Waals surface area contributed by atoms with Crippen LogP contribution in [0.1, 0.15) is 42.2 Å². The zero-order chi connectivity index (χ0) is 13.7. The van der Waals surface area contributed by atoms with Crippen LogP contribution in [0, 0.1) is 0 Å². The van der Waals surface area contributed by atoms with Crippen molar-refractivity contribution in [2.24, 2.45) is 0 Å². The van der Waals surface area contributed by atoms with Gasteiger partial charge in [-0.2, -0.15) is 0 Å². The molecule has 2 rings (SSSR count). The average Bonchev–Trinajstić information content (AvgIpc) is 2.88. The van der Waals surface area contributed by atoms with E-state index in [2.05, 4.69) is 17.2 Å². The molecule has 1 aliphatic heterocycles. The number of hydrogen-bond acceptors (Lipinski definition) is 4. The van der Waals surface area contributed by atoms with E-state index in [1.165, 1.54) is 0 Å². The fourth-order valence-electron chi connectivity index (χ4n) is 2.24. The van der Waals surface area contributed by atoms with Gasteiger partial charge in [0.1, 0.15) is 5.82 Å². The second-order valence-corrected chi connectivity index (χ2v) is 4.87. The van der Waals surface area contributed by atoms with Gasteiger partial charge in [-0.15, -0.1) is 0 Å². The number of nitrogens with zero attached hydrogens (tertiary/aromatic N) is 1. The van der Waals surface area contributed by atoms with Crippen molar-refractivity contribution < 1.29 is 9.53 Å². The summed E-state index contributed by atoms with van der Waals surface area (Å²) in [6.07, 6.45) is 4.05. The zero-order valence-corrected chi connectivity index (χ0v) is 11.3. The van der Waals surface area contributed by atoms with E-state index in [1.807, 2.05) is 6.07 Å². The molecule has 104 valence electrons. The minimum atomic E-state index is -0.109. The summed E-state index contributed by atoms with van der Waals surface area (Å²) in [4.78, 5) is 16.3. The fraction of sp³-hybridized carbons (Fsp3) is 0.571. The summed E-state index contributed by atoms with van der Waals surface area (Å²) in [6.45, 7) is 3.43. The number of carbonyl (C=O) groups excluding carboxylic acids is 1. The molecule has 19 heavy (non-hydrogen) atoms. The SMILES string of the molecule is CCCc1cc(C(=O)NCC2CCCO2)cc(N)n1. The summed E-state index contributed by atoms with van der Waals surface area (Å²) < 4.78 is 5.47. The largest absolute Gasteiger partial charge is 0.384 e. The summed E-state index contributed by atoms with van der Waals surface area (Å²) in [5.41, 5.74) is 7.17. The van der Waals surface area contributed by atoms with Gasteiger partial charge in [-0.1, -0.05) is 13.3 Å². The Balaban J connectivity index is 1.97. The molecule has 1 fully saturated rings. The van der Waals surface area contributed by atoms with Crippen molar-refractivity contribution in [2.75, 3.05) is 18.9 Å². The molecule has 2 heterocycles. The summed E-state index contributed by atoms with van der Waals surface area (Å²) in [7, 11) is 0. The van der Waals surface area contributed by atoms with Gasteiger partial charge in [-0.25, -0.2) is 4.98 Å². The Labute approximate surface area is 113 Å². The lowest BCUT2D eigenvalue weighted by Crippen LogP contribution is -2.31. The first-order valence-electron chi connectivity index (χ1n) is 6.85. The fourth-order valence-corrected chi connectivity index (χ4v) is 2.24. The molecule has 1 saturated heterocycles. The standard InChI is InChI=1S/C14H21N3O2/c1-2-4-11-7-10(8-13(15)17-11)14(18)16-9-12-5-3-6-19-12/h7-8,12H,2-6,9H2,1H3,(H2,15,17)(H,16,18). The molecule has 0 bridgehead atoms. The van der Waals surface area contributed by atoms with Gasteiger partial charge in [-0.3, -0.25) is 4.79 Å². The monoisotopic (exact) mass is 263 g/mol. The molecule has 0 radical (unpaired) electrons. The van der Waals surface area contributed by atoms with Crippen LogP contribution in [-0.4, -0.2) is 30.1 Å². The Morgan fingerprint density at radius 2 is 2.42 bits per heavy atom. The molecule has 3 N–H and O–H groups in total. The topological polar surface area (TPSA) is 77.2 Å². The Hall–Kier alpha value is -1.62. The van der Waals surface area contributed by atoms with Crippen LogP contribution < -0.4 is 11.1 Å². The first-order chi connectivity index (χ1) is 9.19. The van der Waals surface area contributed by atoms with Crippen molar-refractivity contribution in [3.63, 3.8) is 0 Å². The van der Waals surface area contributed by atoms with Crippen LogP contribution in [0.15, 0.2) is 12.1 Å². The van der Waals surface area contributed by atoms with Crippen LogP contribution in [0.3, 0.4) is 0 Å². The van der Waals surface area contributed by atoms with Gasteiger partial charge < -0.3 is 15.8 Å². The second-order valence-electron chi connectivity index (χ2n) is 4.87. The number of nitrogens with one attached hydrogen (secondary N) is 1. The van der Waals surface area contributed by atoms with Crippen molar-refractivity contribution in [3.8, 4) is 0 Å². The maximum Gasteiger partial charge on any atom is 0.251 e. The van der Waals surface area contributed by atoms with E-state index >= 15 is 0 Å². The van der Waals surface area contributed by atoms with E-state index in [0.717, 1.165) is 38.0 Å². The molecule has 1 aromatic rings. The molecule has 1 aromatic heterocycles. The maximum absolute atomic E-state index is 12.1. The highest BCUT2D eigenvalue weighted by molar-refractivity contribution is 5.94. The van der Waals surface area contributed by atoms with Crippen molar-refractivity contribution >= 4 is 11.7 Å². The number of anilines is 1. The minimum Gasteiger partial charge on any atom is -0.384 e. The summed E-state index contributed by atoms with van der Waals surface area (Å²) in [5.74, 6) is 0.287. The third-order valence-corrected chi connectivity index (χ3v) is 3.18. The van der Waals surface area contributed by atoms with E-state index in [-0.39, 0.29) is 12.0 Å². The lowest BCUT2D eigenvalue weighted by atomic mass is 10.1. The molecule has 0 aliphatic carbocycles. The van der Waals surface area contributed by atoms with Crippen LogP contribution in [0.25, 0.3) is 0 Å². The molecule has 0 aromatic carbocycles. The summed E-state index contributed by atoms with van der Waals surface area (Å²) in [6, 6.07) is 3.43. The van der Waals surface area contributed by atoms with Crippen LogP contribution >= 0.6 is 0 Å². The molecule has 1 amide bonds. The predicted octanol–water partition coefficient (Wildman–Crippen LogP) is 1.53. The Bertz CT molecular complexity index is 442. The van der Waals surface area contributed by atoms with Gasteiger partial charge in [0.2, 0.25) is 0 Å². The normalized spacial score (nSPS) is 18.5. The Morgan fingerprint density at radius 3 is 3.11 bits per heavy atom. The Kier molecular flexibility index (Phi) is 4.74. The number of pyridine rings is 1. The van der Waals surface area contributed by atoms with E-state index < -0.39 is 0 Å². The molecule has 5 heteroatoms. The maximum atomic E-state index is 12.1. The van der Waals surface area contributed by atoms with Gasteiger partial charge in [-0.05, 0) is 31.4 Å². The van der Waals surface area contributed by atoms with E-state index in [0.29, 0.717) is 17.9 Å². The van der Waals surface area contributed by atoms with Crippen LogP contribution in [0.2, 0.25) is 0 Å². The minimum absolute atomic E-state index is 0.109. The third kappa shape index (κ3) is 3.92. The van der Waals surface area contributed by atoms with Gasteiger partial charge in [0.25, 0.3) is 5.91 Å². The van der Waals surface area contributed by atoms with Gasteiger partial charge in [0.05, 0.1) is 6.10 Å². The first kappa shape index (κ1) is 13.8. The molecule has 1 aliphatic rings. The Morgan fingerprint density at radius 1 is 1.58 bits per heavy atom. The van der Waals surface area contributed by atoms with E-state index in [9.17, 15) is 4.79 Å². The highest BCUT2D eigenvalue weighted by atomic mass is 16.5. The lowest BCUT2D eigenvalue weighted by Gasteiger charge is -2.11. The van der Waals surface area contributed by atoms with Crippen molar-refractivity contribution in [1.82, 2.24) is 10.3 Å². The molecule has 1 unspecified atom stereocenters. The third-order valence-electron chi connectivity index (χ3n) is 3.18. The number of amides is 1. The number of rotatable bonds is 5. The van der Waals surface area contributed by atoms with Crippen LogP contribution in [0.5, 0.6) is 0 Å². The zero-order valence-electron chi connectivity index (χ0n) is 11.3. The number of ether oxygens (including phenoxy) is 1. The second kappa shape index (κ2) is 6.52. The predicted molar refractivity (Wildman–Crippen MR) is 74.0 cm³/mol. The molecule has 0 saturated carbocycles. The number of nitrogens with two attached hydrogens (primary N) is 1. The molecule has 0 spiro atoms. The summed E-state index contributed by atoms with van der Waals surface area (Å²) in [5, 5.41) is 2.89. The van der Waals surface area contributed by atoms with Crippen molar-refractivity contribution in [2.45, 2.75) is 38.7 Å². The first-order valence-corrected chi connectivity index (χ1v) is 6.85. The highest BCUT2D eigenvalue weighted by Gasteiger charge is 2.17. The average molecular weight is 263 g/mol. The van der Waals surface area contributed by atoms with E-state index in [4.69, 9.17) is 10.5 Å². The molecular weight excluding hydrogens is 242 g/mol. The van der Waals surface area contributed by atoms with E-state index in [1.54, 1.807) is 6.07 Å². The van der Waals surface area contributed by atoms with Gasteiger partial charge in [0, 0.05) is 24.4 Å². The van der Waals surface area contributed by atoms with Gasteiger partial charge >= 0.3 is 0 Å². The van der Waals surface area contributed by atoms with Crippen LogP contribution in [-0.2, 0) is 11.2 Å².